The van der Waals surface area contributed by atoms with Gasteiger partial charge in [-0.25, -0.2) is 0 Å². The summed E-state index contributed by atoms with van der Waals surface area (Å²) in [6, 6.07) is 0.401. The van der Waals surface area contributed by atoms with E-state index in [4.69, 9.17) is 0 Å². The minimum atomic E-state index is 0. The smallest absolute Gasteiger partial charge is 0.220 e. The van der Waals surface area contributed by atoms with Crippen LogP contribution in [0.2, 0.25) is 0 Å². The summed E-state index contributed by atoms with van der Waals surface area (Å²) in [6.45, 7) is 9.09. The Kier molecular flexibility index (Phi) is 7.49. The second kappa shape index (κ2) is 8.38. The highest BCUT2D eigenvalue weighted by atomic mass is 35.5. The minimum Gasteiger partial charge on any atom is -0.353 e. The van der Waals surface area contributed by atoms with E-state index in [-0.39, 0.29) is 18.3 Å². The van der Waals surface area contributed by atoms with Crippen LogP contribution in [0.3, 0.4) is 0 Å². The van der Waals surface area contributed by atoms with Gasteiger partial charge in [0.25, 0.3) is 0 Å². The van der Waals surface area contributed by atoms with Crippen LogP contribution in [0.25, 0.3) is 0 Å². The van der Waals surface area contributed by atoms with Crippen LogP contribution in [0.1, 0.15) is 65.7 Å². The van der Waals surface area contributed by atoms with Gasteiger partial charge in [-0.05, 0) is 56.0 Å². The fourth-order valence-corrected chi connectivity index (χ4v) is 3.95. The van der Waals surface area contributed by atoms with Crippen LogP contribution >= 0.6 is 12.4 Å². The van der Waals surface area contributed by atoms with Crippen molar-refractivity contribution in [2.24, 2.45) is 17.3 Å². The lowest BCUT2D eigenvalue weighted by Gasteiger charge is -2.41. The number of halogens is 1. The molecule has 0 aromatic rings. The average molecular weight is 317 g/mol. The molecule has 0 spiro atoms. The van der Waals surface area contributed by atoms with Crippen LogP contribution in [-0.2, 0) is 4.79 Å². The molecule has 2 aliphatic rings. The molecule has 3 nitrogen and oxygen atoms in total. The van der Waals surface area contributed by atoms with Crippen molar-refractivity contribution in [3.05, 3.63) is 0 Å². The fraction of sp³-hybridized carbons (Fsp3) is 0.941. The zero-order valence-electron chi connectivity index (χ0n) is 13.9. The van der Waals surface area contributed by atoms with Crippen LogP contribution in [0.15, 0.2) is 0 Å². The van der Waals surface area contributed by atoms with Gasteiger partial charge in [0, 0.05) is 12.5 Å². The molecule has 21 heavy (non-hydrogen) atoms. The molecule has 0 radical (unpaired) electrons. The van der Waals surface area contributed by atoms with E-state index in [1.807, 2.05) is 0 Å². The number of rotatable bonds is 3. The van der Waals surface area contributed by atoms with Gasteiger partial charge in [-0.1, -0.05) is 33.6 Å². The SMILES string of the molecule is CC(C)(C)C1CCCCC1NC(=O)CC1CCNCC1.Cl. The Morgan fingerprint density at radius 2 is 1.71 bits per heavy atom. The van der Waals surface area contributed by atoms with Crippen LogP contribution < -0.4 is 10.6 Å². The Bertz CT molecular complexity index is 321. The van der Waals surface area contributed by atoms with E-state index in [0.29, 0.717) is 23.3 Å². The highest BCUT2D eigenvalue weighted by molar-refractivity contribution is 5.85. The van der Waals surface area contributed by atoms with Gasteiger partial charge in [-0.2, -0.15) is 0 Å². The Balaban J connectivity index is 0.00000220. The van der Waals surface area contributed by atoms with Crippen LogP contribution in [0.5, 0.6) is 0 Å². The molecule has 0 bridgehead atoms. The predicted octanol–water partition coefficient (Wildman–Crippen LogP) is 3.52. The average Bonchev–Trinajstić information content (AvgIpc) is 2.39. The third-order valence-electron chi connectivity index (χ3n) is 5.16. The van der Waals surface area contributed by atoms with Crippen molar-refractivity contribution < 1.29 is 4.79 Å². The lowest BCUT2D eigenvalue weighted by atomic mass is 9.69. The molecule has 0 aromatic carbocycles. The third kappa shape index (κ3) is 5.78. The van der Waals surface area contributed by atoms with E-state index in [0.717, 1.165) is 32.4 Å². The molecule has 1 saturated heterocycles. The first-order valence-electron chi connectivity index (χ1n) is 8.47. The Hall–Kier alpha value is -0.280. The number of carbonyl (C=O) groups is 1. The van der Waals surface area contributed by atoms with Crippen molar-refractivity contribution in [1.29, 1.82) is 0 Å². The maximum absolute atomic E-state index is 12.3. The second-order valence-corrected chi connectivity index (χ2v) is 7.83. The zero-order valence-corrected chi connectivity index (χ0v) is 14.7. The molecule has 1 amide bonds. The van der Waals surface area contributed by atoms with E-state index < -0.39 is 0 Å². The standard InChI is InChI=1S/C17H32N2O.ClH/c1-17(2,3)14-6-4-5-7-15(14)19-16(20)12-13-8-10-18-11-9-13;/h13-15,18H,4-12H2,1-3H3,(H,19,20);1H. The van der Waals surface area contributed by atoms with E-state index in [1.165, 1.54) is 25.7 Å². The number of hydrogen-bond donors (Lipinski definition) is 2. The quantitative estimate of drug-likeness (QED) is 0.836. The number of nitrogens with one attached hydrogen (secondary N) is 2. The number of carbonyl (C=O) groups excluding carboxylic acids is 1. The number of piperidine rings is 1. The van der Waals surface area contributed by atoms with Crippen LogP contribution in [-0.4, -0.2) is 25.0 Å². The molecular formula is C17H33ClN2O. The summed E-state index contributed by atoms with van der Waals surface area (Å²) in [5.74, 6) is 1.51. The molecule has 1 aliphatic heterocycles. The third-order valence-corrected chi connectivity index (χ3v) is 5.16. The Labute approximate surface area is 136 Å². The van der Waals surface area contributed by atoms with E-state index in [2.05, 4.69) is 31.4 Å². The van der Waals surface area contributed by atoms with Crippen LogP contribution in [0, 0.1) is 17.3 Å². The topological polar surface area (TPSA) is 41.1 Å². The largest absolute Gasteiger partial charge is 0.353 e. The van der Waals surface area contributed by atoms with E-state index in [9.17, 15) is 4.79 Å². The molecule has 124 valence electrons. The van der Waals surface area contributed by atoms with Gasteiger partial charge in [0.15, 0.2) is 0 Å². The summed E-state index contributed by atoms with van der Waals surface area (Å²) >= 11 is 0. The number of hydrogen-bond acceptors (Lipinski definition) is 2. The summed E-state index contributed by atoms with van der Waals surface area (Å²) in [7, 11) is 0. The highest BCUT2D eigenvalue weighted by Crippen LogP contribution is 2.38. The maximum atomic E-state index is 12.3. The van der Waals surface area contributed by atoms with Gasteiger partial charge in [0.05, 0.1) is 0 Å². The van der Waals surface area contributed by atoms with E-state index in [1.54, 1.807) is 0 Å². The van der Waals surface area contributed by atoms with Gasteiger partial charge in [-0.15, -0.1) is 12.4 Å². The molecule has 1 aliphatic carbocycles. The molecule has 1 heterocycles. The molecule has 2 atom stereocenters. The van der Waals surface area contributed by atoms with Crippen molar-refractivity contribution in [1.82, 2.24) is 10.6 Å². The second-order valence-electron chi connectivity index (χ2n) is 7.83. The molecule has 2 N–H and O–H groups in total. The monoisotopic (exact) mass is 316 g/mol. The van der Waals surface area contributed by atoms with Gasteiger partial charge in [-0.3, -0.25) is 4.79 Å². The fourth-order valence-electron chi connectivity index (χ4n) is 3.95. The summed E-state index contributed by atoms with van der Waals surface area (Å²) in [5, 5.41) is 6.73. The van der Waals surface area contributed by atoms with Gasteiger partial charge in [0.1, 0.15) is 0 Å². The van der Waals surface area contributed by atoms with Gasteiger partial charge < -0.3 is 10.6 Å². The molecule has 0 aromatic heterocycles. The van der Waals surface area contributed by atoms with E-state index >= 15 is 0 Å². The van der Waals surface area contributed by atoms with Crippen LogP contribution in [0.4, 0.5) is 0 Å². The summed E-state index contributed by atoms with van der Waals surface area (Å²) in [4.78, 5) is 12.3. The number of amides is 1. The summed E-state index contributed by atoms with van der Waals surface area (Å²) in [5.41, 5.74) is 0.299. The summed E-state index contributed by atoms with van der Waals surface area (Å²) in [6.07, 6.45) is 8.06. The normalized spacial score (nSPS) is 27.8. The van der Waals surface area contributed by atoms with Crippen molar-refractivity contribution >= 4 is 18.3 Å². The Morgan fingerprint density at radius 1 is 1.10 bits per heavy atom. The van der Waals surface area contributed by atoms with Crippen molar-refractivity contribution in [2.75, 3.05) is 13.1 Å². The van der Waals surface area contributed by atoms with Crippen molar-refractivity contribution in [3.8, 4) is 0 Å². The molecular weight excluding hydrogens is 284 g/mol. The molecule has 2 rings (SSSR count). The molecule has 2 unspecified atom stereocenters. The maximum Gasteiger partial charge on any atom is 0.220 e. The first-order valence-corrected chi connectivity index (χ1v) is 8.47. The van der Waals surface area contributed by atoms with Crippen molar-refractivity contribution in [3.63, 3.8) is 0 Å². The zero-order chi connectivity index (χ0) is 14.6. The molecule has 2 fully saturated rings. The molecule has 1 saturated carbocycles. The van der Waals surface area contributed by atoms with Crippen molar-refractivity contribution in [2.45, 2.75) is 71.8 Å². The summed E-state index contributed by atoms with van der Waals surface area (Å²) < 4.78 is 0. The first-order chi connectivity index (χ1) is 9.47. The Morgan fingerprint density at radius 3 is 2.33 bits per heavy atom. The predicted molar refractivity (Wildman–Crippen MR) is 90.8 cm³/mol. The van der Waals surface area contributed by atoms with Gasteiger partial charge >= 0.3 is 0 Å². The lowest BCUT2D eigenvalue weighted by molar-refractivity contribution is -0.123. The molecule has 4 heteroatoms. The minimum absolute atomic E-state index is 0. The highest BCUT2D eigenvalue weighted by Gasteiger charge is 2.35. The lowest BCUT2D eigenvalue weighted by Crippen LogP contribution is -2.47. The first kappa shape index (κ1) is 18.8. The van der Waals surface area contributed by atoms with Gasteiger partial charge in [0.2, 0.25) is 5.91 Å².